The number of nitrogens with one attached hydrogen (secondary N) is 1. The maximum atomic E-state index is 11.2. The number of nitrogen functional groups attached to an aromatic ring is 1. The Hall–Kier alpha value is -2.24. The van der Waals surface area contributed by atoms with E-state index >= 15 is 0 Å². The quantitative estimate of drug-likeness (QED) is 0.446. The van der Waals surface area contributed by atoms with E-state index in [9.17, 15) is 4.79 Å². The van der Waals surface area contributed by atoms with Gasteiger partial charge in [-0.15, -0.1) is 11.3 Å². The van der Waals surface area contributed by atoms with Crippen LogP contribution in [0.25, 0.3) is 0 Å². The van der Waals surface area contributed by atoms with Crippen LogP contribution in [0.2, 0.25) is 0 Å². The van der Waals surface area contributed by atoms with Crippen LogP contribution in [0.5, 0.6) is 0 Å². The van der Waals surface area contributed by atoms with Crippen LogP contribution in [0.15, 0.2) is 17.8 Å². The topological polar surface area (TPSA) is 110 Å². The number of carbonyl (C=O) groups excluding carboxylic acids is 1. The van der Waals surface area contributed by atoms with Gasteiger partial charge in [0.15, 0.2) is 5.01 Å². The van der Waals surface area contributed by atoms with Gasteiger partial charge in [0.2, 0.25) is 5.82 Å². The van der Waals surface area contributed by atoms with Crippen LogP contribution in [0.1, 0.15) is 21.3 Å². The second kappa shape index (κ2) is 4.73. The lowest BCUT2D eigenvalue weighted by Crippen LogP contribution is -2.29. The summed E-state index contributed by atoms with van der Waals surface area (Å²) in [7, 11) is 0. The van der Waals surface area contributed by atoms with E-state index in [1.807, 2.05) is 11.5 Å². The number of amides is 1. The van der Waals surface area contributed by atoms with Gasteiger partial charge in [0.05, 0.1) is 12.2 Å². The summed E-state index contributed by atoms with van der Waals surface area (Å²) >= 11 is 1.20. The molecular weight excluding hydrogens is 240 g/mol. The number of nitrogens with two attached hydrogens (primary N) is 1. The van der Waals surface area contributed by atoms with Gasteiger partial charge in [-0.1, -0.05) is 0 Å². The van der Waals surface area contributed by atoms with Crippen molar-refractivity contribution < 1.29 is 4.79 Å². The number of nitrogens with zero attached hydrogens (tertiary/aromatic N) is 4. The Labute approximate surface area is 100 Å². The molecule has 0 aliphatic rings. The van der Waals surface area contributed by atoms with Gasteiger partial charge in [-0.25, -0.2) is 15.8 Å². The van der Waals surface area contributed by atoms with Crippen LogP contribution in [-0.4, -0.2) is 20.4 Å². The Balaban J connectivity index is 2.18. The molecule has 0 saturated carbocycles. The largest absolute Gasteiger partial charge is 0.317 e. The highest BCUT2D eigenvalue weighted by molar-refractivity contribution is 7.11. The SMILES string of the molecule is N#Cc1nccn1Cc1csc(C(=O)NN)n1. The van der Waals surface area contributed by atoms with E-state index in [1.54, 1.807) is 22.3 Å². The van der Waals surface area contributed by atoms with Crippen LogP contribution in [0.4, 0.5) is 0 Å². The molecule has 2 heterocycles. The summed E-state index contributed by atoms with van der Waals surface area (Å²) in [6.07, 6.45) is 3.22. The monoisotopic (exact) mass is 248 g/mol. The molecule has 8 heteroatoms. The van der Waals surface area contributed by atoms with Gasteiger partial charge in [-0.2, -0.15) is 5.26 Å². The van der Waals surface area contributed by atoms with E-state index in [-0.39, 0.29) is 0 Å². The summed E-state index contributed by atoms with van der Waals surface area (Å²) in [5, 5.41) is 10.8. The lowest BCUT2D eigenvalue weighted by atomic mass is 10.4. The third-order valence-electron chi connectivity index (χ3n) is 2.02. The Bertz CT molecular complexity index is 580. The number of aromatic nitrogens is 3. The molecule has 0 bridgehead atoms. The zero-order valence-corrected chi connectivity index (χ0v) is 9.44. The summed E-state index contributed by atoms with van der Waals surface area (Å²) in [5.74, 6) is 4.89. The lowest BCUT2D eigenvalue weighted by molar-refractivity contribution is 0.0953. The standard InChI is InChI=1S/C9H8N6OS/c10-3-7-12-1-2-15(7)4-6-5-17-9(13-6)8(16)14-11/h1-2,5H,4,11H2,(H,14,16). The minimum atomic E-state index is -0.424. The van der Waals surface area contributed by atoms with Crippen LogP contribution >= 0.6 is 11.3 Å². The van der Waals surface area contributed by atoms with E-state index in [2.05, 4.69) is 9.97 Å². The van der Waals surface area contributed by atoms with Gasteiger partial charge in [-0.3, -0.25) is 10.2 Å². The zero-order valence-electron chi connectivity index (χ0n) is 8.62. The number of hydrazine groups is 1. The molecule has 0 saturated heterocycles. The van der Waals surface area contributed by atoms with Crippen molar-refractivity contribution in [1.29, 1.82) is 5.26 Å². The Morgan fingerprint density at radius 1 is 1.71 bits per heavy atom. The first-order valence-electron chi connectivity index (χ1n) is 4.61. The average molecular weight is 248 g/mol. The first kappa shape index (κ1) is 11.3. The minimum Gasteiger partial charge on any atom is -0.317 e. The second-order valence-electron chi connectivity index (χ2n) is 3.11. The maximum Gasteiger partial charge on any atom is 0.294 e. The van der Waals surface area contributed by atoms with Crippen LogP contribution in [-0.2, 0) is 6.54 Å². The van der Waals surface area contributed by atoms with Crippen molar-refractivity contribution in [2.24, 2.45) is 5.84 Å². The first-order chi connectivity index (χ1) is 8.24. The summed E-state index contributed by atoms with van der Waals surface area (Å²) in [4.78, 5) is 19.2. The Morgan fingerprint density at radius 2 is 2.53 bits per heavy atom. The normalized spacial score (nSPS) is 9.88. The first-order valence-corrected chi connectivity index (χ1v) is 5.49. The van der Waals surface area contributed by atoms with Crippen molar-refractivity contribution in [1.82, 2.24) is 20.0 Å². The smallest absolute Gasteiger partial charge is 0.294 e. The molecule has 3 N–H and O–H groups in total. The summed E-state index contributed by atoms with van der Waals surface area (Å²) in [5.41, 5.74) is 2.70. The Morgan fingerprint density at radius 3 is 3.24 bits per heavy atom. The molecule has 2 aromatic rings. The molecule has 86 valence electrons. The molecule has 2 aromatic heterocycles. The number of hydrogen-bond donors (Lipinski definition) is 2. The molecule has 0 aromatic carbocycles. The average Bonchev–Trinajstić information content (AvgIpc) is 2.97. The van der Waals surface area contributed by atoms with E-state index in [0.29, 0.717) is 23.1 Å². The van der Waals surface area contributed by atoms with Gasteiger partial charge < -0.3 is 4.57 Å². The van der Waals surface area contributed by atoms with Gasteiger partial charge in [0.25, 0.3) is 5.91 Å². The fourth-order valence-corrected chi connectivity index (χ4v) is 1.98. The number of nitriles is 1. The van der Waals surface area contributed by atoms with Crippen LogP contribution < -0.4 is 11.3 Å². The molecule has 0 aliphatic carbocycles. The van der Waals surface area contributed by atoms with Gasteiger partial charge in [-0.05, 0) is 0 Å². The highest BCUT2D eigenvalue weighted by Gasteiger charge is 2.10. The van der Waals surface area contributed by atoms with Crippen LogP contribution in [0.3, 0.4) is 0 Å². The van der Waals surface area contributed by atoms with Crippen molar-refractivity contribution in [3.05, 3.63) is 34.3 Å². The maximum absolute atomic E-state index is 11.2. The van der Waals surface area contributed by atoms with Crippen molar-refractivity contribution in [3.8, 4) is 6.07 Å². The summed E-state index contributed by atoms with van der Waals surface area (Å²) in [6, 6.07) is 1.96. The third-order valence-corrected chi connectivity index (χ3v) is 2.91. The van der Waals surface area contributed by atoms with Crippen LogP contribution in [0, 0.1) is 11.3 Å². The zero-order chi connectivity index (χ0) is 12.3. The third kappa shape index (κ3) is 2.30. The van der Waals surface area contributed by atoms with E-state index in [0.717, 1.165) is 0 Å². The van der Waals surface area contributed by atoms with Crippen molar-refractivity contribution in [3.63, 3.8) is 0 Å². The van der Waals surface area contributed by atoms with Crippen molar-refractivity contribution in [2.75, 3.05) is 0 Å². The molecule has 0 aliphatic heterocycles. The molecule has 0 fully saturated rings. The number of hydrogen-bond acceptors (Lipinski definition) is 6. The van der Waals surface area contributed by atoms with E-state index in [1.165, 1.54) is 11.3 Å². The highest BCUT2D eigenvalue weighted by atomic mass is 32.1. The fourth-order valence-electron chi connectivity index (χ4n) is 1.27. The molecule has 0 unspecified atom stereocenters. The molecular formula is C9H8N6OS. The molecule has 0 atom stereocenters. The predicted molar refractivity (Wildman–Crippen MR) is 59.8 cm³/mol. The van der Waals surface area contributed by atoms with Crippen molar-refractivity contribution in [2.45, 2.75) is 6.54 Å². The summed E-state index contributed by atoms with van der Waals surface area (Å²) < 4.78 is 1.65. The summed E-state index contributed by atoms with van der Waals surface area (Å²) in [6.45, 7) is 0.400. The van der Waals surface area contributed by atoms with Gasteiger partial charge in [0.1, 0.15) is 6.07 Å². The second-order valence-corrected chi connectivity index (χ2v) is 3.97. The number of rotatable bonds is 3. The molecule has 17 heavy (non-hydrogen) atoms. The molecule has 2 rings (SSSR count). The van der Waals surface area contributed by atoms with Crippen molar-refractivity contribution >= 4 is 17.2 Å². The van der Waals surface area contributed by atoms with Gasteiger partial charge >= 0.3 is 0 Å². The molecule has 1 amide bonds. The van der Waals surface area contributed by atoms with E-state index in [4.69, 9.17) is 11.1 Å². The highest BCUT2D eigenvalue weighted by Crippen LogP contribution is 2.11. The predicted octanol–water partition coefficient (Wildman–Crippen LogP) is -0.137. The van der Waals surface area contributed by atoms with E-state index < -0.39 is 5.91 Å². The lowest BCUT2D eigenvalue weighted by Gasteiger charge is -1.99. The molecule has 0 radical (unpaired) electrons. The number of carbonyl (C=O) groups is 1. The number of thiazole rings is 1. The van der Waals surface area contributed by atoms with Gasteiger partial charge in [0, 0.05) is 17.8 Å². The Kier molecular flexibility index (Phi) is 3.13. The fraction of sp³-hybridized carbons (Fsp3) is 0.111. The minimum absolute atomic E-state index is 0.293. The number of imidazole rings is 1. The molecule has 0 spiro atoms. The molecule has 7 nitrogen and oxygen atoms in total.